The van der Waals surface area contributed by atoms with Crippen LogP contribution in [0.2, 0.25) is 0 Å². The number of aliphatic hydroxyl groups excluding tert-OH is 1. The highest BCUT2D eigenvalue weighted by atomic mass is 16.2. The zero-order valence-electron chi connectivity index (χ0n) is 11.8. The number of rotatable bonds is 4. The van der Waals surface area contributed by atoms with Gasteiger partial charge in [-0.05, 0) is 30.7 Å². The van der Waals surface area contributed by atoms with Gasteiger partial charge in [-0.2, -0.15) is 5.10 Å². The number of nitrogens with zero attached hydrogens (tertiary/aromatic N) is 1. The molecule has 5 nitrogen and oxygen atoms in total. The zero-order chi connectivity index (χ0) is 15.1. The fraction of sp³-hybridized carbons (Fsp3) is 0.250. The Morgan fingerprint density at radius 2 is 2.33 bits per heavy atom. The molecule has 0 aliphatic carbocycles. The van der Waals surface area contributed by atoms with Gasteiger partial charge in [-0.15, -0.1) is 0 Å². The van der Waals surface area contributed by atoms with E-state index < -0.39 is 0 Å². The fourth-order valence-electron chi connectivity index (χ4n) is 1.82. The summed E-state index contributed by atoms with van der Waals surface area (Å²) >= 11 is 0. The monoisotopic (exact) mass is 283 g/mol. The van der Waals surface area contributed by atoms with E-state index in [4.69, 9.17) is 5.11 Å². The molecule has 21 heavy (non-hydrogen) atoms. The number of carbonyl (C=O) groups is 1. The van der Waals surface area contributed by atoms with Gasteiger partial charge in [0.05, 0.1) is 12.8 Å². The van der Waals surface area contributed by atoms with Crippen molar-refractivity contribution in [2.45, 2.75) is 19.9 Å². The van der Waals surface area contributed by atoms with Crippen molar-refractivity contribution < 1.29 is 9.90 Å². The van der Waals surface area contributed by atoms with Gasteiger partial charge in [-0.3, -0.25) is 9.89 Å². The van der Waals surface area contributed by atoms with Gasteiger partial charge in [0.25, 0.3) is 5.91 Å². The summed E-state index contributed by atoms with van der Waals surface area (Å²) < 4.78 is 0. The highest BCUT2D eigenvalue weighted by molar-refractivity contribution is 5.94. The number of amides is 1. The molecule has 1 heterocycles. The second kappa shape index (κ2) is 7.27. The summed E-state index contributed by atoms with van der Waals surface area (Å²) in [6, 6.07) is 5.39. The Morgan fingerprint density at radius 1 is 1.48 bits per heavy atom. The van der Waals surface area contributed by atoms with Gasteiger partial charge in [0, 0.05) is 35.9 Å². The van der Waals surface area contributed by atoms with Crippen LogP contribution in [0.3, 0.4) is 0 Å². The Kier molecular flexibility index (Phi) is 5.13. The van der Waals surface area contributed by atoms with E-state index in [1.54, 1.807) is 18.5 Å². The van der Waals surface area contributed by atoms with E-state index in [9.17, 15) is 4.79 Å². The molecular formula is C16H17N3O2. The highest BCUT2D eigenvalue weighted by Crippen LogP contribution is 2.10. The number of aromatic nitrogens is 2. The molecule has 3 N–H and O–H groups in total. The molecule has 0 unspecified atom stereocenters. The van der Waals surface area contributed by atoms with Crippen LogP contribution in [0.4, 0.5) is 0 Å². The summed E-state index contributed by atoms with van der Waals surface area (Å²) in [5.74, 6) is 5.72. The van der Waals surface area contributed by atoms with Gasteiger partial charge < -0.3 is 10.4 Å². The Labute approximate surface area is 123 Å². The molecule has 0 aliphatic heterocycles. The lowest BCUT2D eigenvalue weighted by molar-refractivity contribution is 0.0951. The molecule has 5 heteroatoms. The molecule has 0 spiro atoms. The molecule has 2 aromatic rings. The predicted octanol–water partition coefficient (Wildman–Crippen LogP) is 1.38. The molecule has 2 rings (SSSR count). The number of H-pyrrole nitrogens is 1. The van der Waals surface area contributed by atoms with E-state index >= 15 is 0 Å². The van der Waals surface area contributed by atoms with Crippen LogP contribution in [0.1, 0.15) is 33.5 Å². The lowest BCUT2D eigenvalue weighted by Gasteiger charge is -2.06. The molecule has 1 amide bonds. The van der Waals surface area contributed by atoms with E-state index in [0.717, 1.165) is 16.7 Å². The van der Waals surface area contributed by atoms with Gasteiger partial charge >= 0.3 is 0 Å². The molecule has 108 valence electrons. The van der Waals surface area contributed by atoms with Crippen LogP contribution in [-0.4, -0.2) is 27.8 Å². The molecule has 0 aliphatic rings. The first-order valence-electron chi connectivity index (χ1n) is 6.67. The second-order valence-electron chi connectivity index (χ2n) is 4.59. The summed E-state index contributed by atoms with van der Waals surface area (Å²) in [4.78, 5) is 12.1. The molecule has 0 saturated heterocycles. The van der Waals surface area contributed by atoms with Crippen molar-refractivity contribution in [2.75, 3.05) is 6.61 Å². The lowest BCUT2D eigenvalue weighted by Crippen LogP contribution is -2.22. The third-order valence-corrected chi connectivity index (χ3v) is 2.96. The van der Waals surface area contributed by atoms with Gasteiger partial charge in [-0.1, -0.05) is 11.8 Å². The zero-order valence-corrected chi connectivity index (χ0v) is 11.8. The third-order valence-electron chi connectivity index (χ3n) is 2.96. The smallest absolute Gasteiger partial charge is 0.251 e. The van der Waals surface area contributed by atoms with Crippen molar-refractivity contribution in [3.63, 3.8) is 0 Å². The Balaban J connectivity index is 2.02. The van der Waals surface area contributed by atoms with Crippen LogP contribution in [0, 0.1) is 18.8 Å². The van der Waals surface area contributed by atoms with Crippen LogP contribution in [0.15, 0.2) is 30.6 Å². The molecule has 1 aromatic carbocycles. The average molecular weight is 283 g/mol. The lowest BCUT2D eigenvalue weighted by atomic mass is 10.0. The third kappa shape index (κ3) is 4.20. The van der Waals surface area contributed by atoms with Gasteiger partial charge in [0.1, 0.15) is 0 Å². The molecule has 0 fully saturated rings. The molecule has 0 radical (unpaired) electrons. The van der Waals surface area contributed by atoms with E-state index in [-0.39, 0.29) is 12.5 Å². The van der Waals surface area contributed by atoms with Crippen LogP contribution < -0.4 is 5.32 Å². The van der Waals surface area contributed by atoms with Gasteiger partial charge in [-0.25, -0.2) is 0 Å². The van der Waals surface area contributed by atoms with Crippen LogP contribution in [-0.2, 0) is 6.54 Å². The van der Waals surface area contributed by atoms with Crippen LogP contribution in [0.5, 0.6) is 0 Å². The Hall–Kier alpha value is -2.58. The number of nitrogens with one attached hydrogen (secondary N) is 2. The summed E-state index contributed by atoms with van der Waals surface area (Å²) in [6.45, 7) is 2.41. The number of hydrogen-bond acceptors (Lipinski definition) is 3. The average Bonchev–Trinajstić information content (AvgIpc) is 3.00. The maximum Gasteiger partial charge on any atom is 0.251 e. The van der Waals surface area contributed by atoms with Crippen molar-refractivity contribution in [3.8, 4) is 11.8 Å². The molecule has 1 aromatic heterocycles. The molecule has 0 bridgehead atoms. The van der Waals surface area contributed by atoms with E-state index in [0.29, 0.717) is 18.5 Å². The maximum absolute atomic E-state index is 12.1. The fourth-order valence-corrected chi connectivity index (χ4v) is 1.82. The molecular weight excluding hydrogens is 266 g/mol. The summed E-state index contributed by atoms with van der Waals surface area (Å²) in [6.07, 6.45) is 3.86. The minimum Gasteiger partial charge on any atom is -0.395 e. The second-order valence-corrected chi connectivity index (χ2v) is 4.59. The largest absolute Gasteiger partial charge is 0.395 e. The number of benzene rings is 1. The van der Waals surface area contributed by atoms with E-state index in [1.807, 2.05) is 19.1 Å². The van der Waals surface area contributed by atoms with Gasteiger partial charge in [0.15, 0.2) is 0 Å². The maximum atomic E-state index is 12.1. The predicted molar refractivity (Wildman–Crippen MR) is 79.5 cm³/mol. The quantitative estimate of drug-likeness (QED) is 0.742. The molecule has 0 saturated carbocycles. The van der Waals surface area contributed by atoms with Crippen molar-refractivity contribution in [3.05, 3.63) is 52.8 Å². The topological polar surface area (TPSA) is 78.0 Å². The number of aromatic amines is 1. The van der Waals surface area contributed by atoms with E-state index in [2.05, 4.69) is 27.4 Å². The van der Waals surface area contributed by atoms with E-state index in [1.165, 1.54) is 0 Å². The number of aryl methyl sites for hydroxylation is 1. The SMILES string of the molecule is Cc1cc(C(=O)NCc2cn[nH]c2)ccc1C#CCCO. The highest BCUT2D eigenvalue weighted by Gasteiger charge is 2.07. The standard InChI is InChI=1S/C16H17N3O2/c1-12-8-15(6-5-14(12)4-2-3-7-20)16(21)17-9-13-10-18-19-11-13/h5-6,8,10-11,20H,3,7,9H2,1H3,(H,17,21)(H,18,19). The Bertz CT molecular complexity index is 667. The summed E-state index contributed by atoms with van der Waals surface area (Å²) in [5, 5.41) is 18.1. The first kappa shape index (κ1) is 14.8. The minimum atomic E-state index is -0.130. The number of carbonyl (C=O) groups excluding carboxylic acids is 1. The summed E-state index contributed by atoms with van der Waals surface area (Å²) in [7, 11) is 0. The first-order valence-corrected chi connectivity index (χ1v) is 6.67. The van der Waals surface area contributed by atoms with Crippen molar-refractivity contribution in [1.82, 2.24) is 15.5 Å². The number of hydrogen-bond donors (Lipinski definition) is 3. The summed E-state index contributed by atoms with van der Waals surface area (Å²) in [5.41, 5.74) is 3.33. The normalized spacial score (nSPS) is 9.81. The molecule has 0 atom stereocenters. The van der Waals surface area contributed by atoms with Crippen molar-refractivity contribution in [2.24, 2.45) is 0 Å². The van der Waals surface area contributed by atoms with Crippen molar-refractivity contribution >= 4 is 5.91 Å². The van der Waals surface area contributed by atoms with Crippen LogP contribution >= 0.6 is 0 Å². The number of aliphatic hydroxyl groups is 1. The van der Waals surface area contributed by atoms with Gasteiger partial charge in [0.2, 0.25) is 0 Å². The Morgan fingerprint density at radius 3 is 3.00 bits per heavy atom. The van der Waals surface area contributed by atoms with Crippen molar-refractivity contribution in [1.29, 1.82) is 0 Å². The van der Waals surface area contributed by atoms with Crippen LogP contribution in [0.25, 0.3) is 0 Å². The minimum absolute atomic E-state index is 0.0561. The first-order chi connectivity index (χ1) is 10.2.